The molecule has 1 aliphatic rings. The minimum absolute atomic E-state index is 0.147. The van der Waals surface area contributed by atoms with Crippen molar-refractivity contribution in [1.82, 2.24) is 19.4 Å². The van der Waals surface area contributed by atoms with Crippen molar-refractivity contribution in [2.45, 2.75) is 45.3 Å². The second-order valence-electron chi connectivity index (χ2n) is 10.7. The van der Waals surface area contributed by atoms with Gasteiger partial charge in [0.15, 0.2) is 0 Å². The molecule has 0 spiro atoms. The Bertz CT molecular complexity index is 1580. The van der Waals surface area contributed by atoms with Gasteiger partial charge < -0.3 is 9.47 Å². The molecule has 0 saturated carbocycles. The standard InChI is InChI=1S/C34H36N4O/c1-2-3-15-29-23-37(34(39)33-18-9-13-27-11-5-7-17-32(27)33)20-19-36(29)24-30-21-35-25-38(30)22-28-14-8-12-26-10-4-6-16-31(26)28/h4-14,16-18,21,25,29H,2-3,15,19-20,22-24H2,1H3/t29-/m0/s1. The summed E-state index contributed by atoms with van der Waals surface area (Å²) in [5.41, 5.74) is 3.34. The molecule has 5 aromatic rings. The minimum Gasteiger partial charge on any atom is -0.336 e. The van der Waals surface area contributed by atoms with Crippen LogP contribution in [0.15, 0.2) is 97.5 Å². The normalized spacial score (nSPS) is 16.2. The Morgan fingerprint density at radius 3 is 2.38 bits per heavy atom. The van der Waals surface area contributed by atoms with Crippen LogP contribution in [-0.2, 0) is 13.1 Å². The van der Waals surface area contributed by atoms with Crippen LogP contribution in [0.3, 0.4) is 0 Å². The first-order valence-corrected chi connectivity index (χ1v) is 14.2. The summed E-state index contributed by atoms with van der Waals surface area (Å²) in [5.74, 6) is 0.147. The van der Waals surface area contributed by atoms with E-state index in [0.717, 1.165) is 68.3 Å². The van der Waals surface area contributed by atoms with Crippen molar-refractivity contribution < 1.29 is 4.79 Å². The maximum absolute atomic E-state index is 13.7. The highest BCUT2D eigenvalue weighted by atomic mass is 16.2. The fourth-order valence-corrected chi connectivity index (χ4v) is 6.03. The highest BCUT2D eigenvalue weighted by molar-refractivity contribution is 6.07. The van der Waals surface area contributed by atoms with Crippen LogP contribution in [0.1, 0.15) is 47.8 Å². The number of carbonyl (C=O) groups is 1. The van der Waals surface area contributed by atoms with E-state index in [1.54, 1.807) is 0 Å². The van der Waals surface area contributed by atoms with Crippen LogP contribution in [0, 0.1) is 0 Å². The van der Waals surface area contributed by atoms with Gasteiger partial charge in [-0.3, -0.25) is 9.69 Å². The van der Waals surface area contributed by atoms with E-state index in [1.165, 1.54) is 22.0 Å². The van der Waals surface area contributed by atoms with E-state index in [4.69, 9.17) is 0 Å². The van der Waals surface area contributed by atoms with E-state index in [9.17, 15) is 4.79 Å². The molecule has 0 N–H and O–H groups in total. The molecule has 5 heteroatoms. The molecule has 198 valence electrons. The number of benzene rings is 4. The number of piperazine rings is 1. The fourth-order valence-electron chi connectivity index (χ4n) is 6.03. The van der Waals surface area contributed by atoms with Crippen LogP contribution in [0.4, 0.5) is 0 Å². The Labute approximate surface area is 230 Å². The number of carbonyl (C=O) groups excluding carboxylic acids is 1. The molecule has 0 bridgehead atoms. The van der Waals surface area contributed by atoms with Crippen molar-refractivity contribution in [2.24, 2.45) is 0 Å². The molecule has 1 aromatic heterocycles. The number of nitrogens with zero attached hydrogens (tertiary/aromatic N) is 4. The van der Waals surface area contributed by atoms with E-state index < -0.39 is 0 Å². The van der Waals surface area contributed by atoms with Gasteiger partial charge in [-0.25, -0.2) is 4.98 Å². The van der Waals surface area contributed by atoms with Crippen LogP contribution in [0.2, 0.25) is 0 Å². The molecular weight excluding hydrogens is 480 g/mol. The Hall–Kier alpha value is -3.96. The zero-order valence-electron chi connectivity index (χ0n) is 22.7. The zero-order chi connectivity index (χ0) is 26.6. The van der Waals surface area contributed by atoms with Crippen LogP contribution < -0.4 is 0 Å². The number of imidazole rings is 1. The monoisotopic (exact) mass is 516 g/mol. The molecule has 39 heavy (non-hydrogen) atoms. The first-order valence-electron chi connectivity index (χ1n) is 14.2. The Morgan fingerprint density at radius 2 is 1.56 bits per heavy atom. The van der Waals surface area contributed by atoms with E-state index in [1.807, 2.05) is 36.8 Å². The largest absolute Gasteiger partial charge is 0.336 e. The highest BCUT2D eigenvalue weighted by Gasteiger charge is 2.30. The fraction of sp³-hybridized carbons (Fsp3) is 0.294. The minimum atomic E-state index is 0.147. The Kier molecular flexibility index (Phi) is 7.42. The average Bonchev–Trinajstić information content (AvgIpc) is 3.42. The number of rotatable bonds is 8. The van der Waals surface area contributed by atoms with Crippen LogP contribution >= 0.6 is 0 Å². The summed E-state index contributed by atoms with van der Waals surface area (Å²) in [4.78, 5) is 22.9. The van der Waals surface area contributed by atoms with Crippen LogP contribution in [-0.4, -0.2) is 50.9 Å². The number of aromatic nitrogens is 2. The molecular formula is C34H36N4O. The molecule has 1 amide bonds. The summed E-state index contributed by atoms with van der Waals surface area (Å²) in [5, 5.41) is 4.71. The maximum Gasteiger partial charge on any atom is 0.254 e. The van der Waals surface area contributed by atoms with Crippen molar-refractivity contribution in [3.8, 4) is 0 Å². The van der Waals surface area contributed by atoms with Crippen molar-refractivity contribution >= 4 is 27.5 Å². The molecule has 6 rings (SSSR count). The number of unbranched alkanes of at least 4 members (excludes halogenated alkanes) is 1. The highest BCUT2D eigenvalue weighted by Crippen LogP contribution is 2.25. The smallest absolute Gasteiger partial charge is 0.254 e. The predicted octanol–water partition coefficient (Wildman–Crippen LogP) is 6.75. The van der Waals surface area contributed by atoms with Crippen molar-refractivity contribution in [3.05, 3.63) is 114 Å². The van der Waals surface area contributed by atoms with Gasteiger partial charge >= 0.3 is 0 Å². The molecule has 5 nitrogen and oxygen atoms in total. The van der Waals surface area contributed by atoms with Gasteiger partial charge in [0.05, 0.1) is 12.0 Å². The molecule has 1 saturated heterocycles. The molecule has 4 aromatic carbocycles. The van der Waals surface area contributed by atoms with E-state index in [2.05, 4.69) is 86.9 Å². The molecule has 1 fully saturated rings. The molecule has 2 heterocycles. The SMILES string of the molecule is CCCC[C@H]1CN(C(=O)c2cccc3ccccc23)CCN1Cc1cncn1Cc1cccc2ccccc12. The summed E-state index contributed by atoms with van der Waals surface area (Å²) in [6.45, 7) is 6.25. The third-order valence-corrected chi connectivity index (χ3v) is 8.19. The number of fused-ring (bicyclic) bond motifs is 2. The van der Waals surface area contributed by atoms with Gasteiger partial charge in [-0.05, 0) is 39.6 Å². The number of amides is 1. The lowest BCUT2D eigenvalue weighted by Gasteiger charge is -2.41. The molecule has 1 aliphatic heterocycles. The van der Waals surface area contributed by atoms with Gasteiger partial charge in [-0.1, -0.05) is 98.6 Å². The second-order valence-corrected chi connectivity index (χ2v) is 10.7. The lowest BCUT2D eigenvalue weighted by atomic mass is 10.0. The van der Waals surface area contributed by atoms with Gasteiger partial charge in [0.25, 0.3) is 5.91 Å². The lowest BCUT2D eigenvalue weighted by Crippen LogP contribution is -2.54. The third kappa shape index (κ3) is 5.32. The summed E-state index contributed by atoms with van der Waals surface area (Å²) in [6, 6.07) is 29.7. The topological polar surface area (TPSA) is 41.4 Å². The predicted molar refractivity (Wildman–Crippen MR) is 159 cm³/mol. The van der Waals surface area contributed by atoms with Gasteiger partial charge in [0.2, 0.25) is 0 Å². The summed E-state index contributed by atoms with van der Waals surface area (Å²) >= 11 is 0. The summed E-state index contributed by atoms with van der Waals surface area (Å²) in [6.07, 6.45) is 7.37. The average molecular weight is 517 g/mol. The van der Waals surface area contributed by atoms with E-state index in [0.29, 0.717) is 6.04 Å². The van der Waals surface area contributed by atoms with Crippen molar-refractivity contribution in [1.29, 1.82) is 0 Å². The number of hydrogen-bond donors (Lipinski definition) is 0. The molecule has 0 unspecified atom stereocenters. The van der Waals surface area contributed by atoms with Crippen LogP contribution in [0.25, 0.3) is 21.5 Å². The van der Waals surface area contributed by atoms with E-state index in [-0.39, 0.29) is 5.91 Å². The Morgan fingerprint density at radius 1 is 0.846 bits per heavy atom. The lowest BCUT2D eigenvalue weighted by molar-refractivity contribution is 0.0429. The van der Waals surface area contributed by atoms with Crippen molar-refractivity contribution in [2.75, 3.05) is 19.6 Å². The third-order valence-electron chi connectivity index (χ3n) is 8.19. The zero-order valence-corrected chi connectivity index (χ0v) is 22.7. The first-order chi connectivity index (χ1) is 19.2. The molecule has 0 radical (unpaired) electrons. The van der Waals surface area contributed by atoms with Crippen LogP contribution in [0.5, 0.6) is 0 Å². The summed E-state index contributed by atoms with van der Waals surface area (Å²) < 4.78 is 2.28. The quantitative estimate of drug-likeness (QED) is 0.229. The first kappa shape index (κ1) is 25.3. The van der Waals surface area contributed by atoms with E-state index >= 15 is 0 Å². The molecule has 0 aliphatic carbocycles. The van der Waals surface area contributed by atoms with Gasteiger partial charge in [0, 0.05) is 50.5 Å². The van der Waals surface area contributed by atoms with Gasteiger partial charge in [-0.15, -0.1) is 0 Å². The number of hydrogen-bond acceptors (Lipinski definition) is 3. The Balaban J connectivity index is 1.20. The van der Waals surface area contributed by atoms with Gasteiger partial charge in [0.1, 0.15) is 0 Å². The molecule has 1 atom stereocenters. The van der Waals surface area contributed by atoms with Crippen molar-refractivity contribution in [3.63, 3.8) is 0 Å². The second kappa shape index (κ2) is 11.4. The summed E-state index contributed by atoms with van der Waals surface area (Å²) in [7, 11) is 0. The maximum atomic E-state index is 13.7. The van der Waals surface area contributed by atoms with Gasteiger partial charge in [-0.2, -0.15) is 0 Å².